The molecule has 0 bridgehead atoms. The normalized spacial score (nSPS) is 31.7. The van der Waals surface area contributed by atoms with Gasteiger partial charge in [-0.2, -0.15) is 0 Å². The van der Waals surface area contributed by atoms with E-state index in [2.05, 4.69) is 23.5 Å². The highest BCUT2D eigenvalue weighted by Gasteiger charge is 2.27. The van der Waals surface area contributed by atoms with Crippen molar-refractivity contribution in [3.63, 3.8) is 0 Å². The lowest BCUT2D eigenvalue weighted by molar-refractivity contribution is 0.00609. The predicted molar refractivity (Wildman–Crippen MR) is 92.9 cm³/mol. The minimum Gasteiger partial charge on any atom is -0.496 e. The van der Waals surface area contributed by atoms with Gasteiger partial charge in [0.2, 0.25) is 0 Å². The second-order valence-electron chi connectivity index (χ2n) is 6.92. The Bertz CT molecular complexity index is 486. The first-order valence-corrected chi connectivity index (χ1v) is 9.01. The van der Waals surface area contributed by atoms with Crippen molar-refractivity contribution in [2.45, 2.75) is 62.6 Å². The molecule has 3 rings (SSSR count). The van der Waals surface area contributed by atoms with Crippen molar-refractivity contribution in [2.24, 2.45) is 5.73 Å². The van der Waals surface area contributed by atoms with Gasteiger partial charge in [-0.1, -0.05) is 18.2 Å². The molecule has 1 heterocycles. The average Bonchev–Trinajstić information content (AvgIpc) is 2.61. The number of methoxy groups -OCH3 is 1. The standard InChI is InChI=1S/C19H30N2O2/c1-22-19-7-3-2-5-16(19)14-8-10-15(11-9-14)23-13-18-17(20)6-4-12-21-18/h2-3,5,7,14-15,17-18,21H,4,6,8-13,20H2,1H3. The highest BCUT2D eigenvalue weighted by Crippen LogP contribution is 2.38. The van der Waals surface area contributed by atoms with E-state index in [0.29, 0.717) is 18.1 Å². The first-order valence-electron chi connectivity index (χ1n) is 9.01. The van der Waals surface area contributed by atoms with Crippen molar-refractivity contribution in [1.29, 1.82) is 0 Å². The Labute approximate surface area is 139 Å². The molecule has 1 saturated heterocycles. The maximum atomic E-state index is 6.17. The zero-order valence-electron chi connectivity index (χ0n) is 14.2. The molecule has 2 fully saturated rings. The van der Waals surface area contributed by atoms with Crippen LogP contribution in [0.2, 0.25) is 0 Å². The van der Waals surface area contributed by atoms with Gasteiger partial charge in [-0.05, 0) is 62.6 Å². The number of rotatable bonds is 5. The molecule has 3 N–H and O–H groups in total. The quantitative estimate of drug-likeness (QED) is 0.876. The van der Waals surface area contributed by atoms with Crippen molar-refractivity contribution in [3.8, 4) is 5.75 Å². The van der Waals surface area contributed by atoms with Crippen molar-refractivity contribution in [1.82, 2.24) is 5.32 Å². The topological polar surface area (TPSA) is 56.5 Å². The zero-order chi connectivity index (χ0) is 16.1. The van der Waals surface area contributed by atoms with Crippen LogP contribution in [0.3, 0.4) is 0 Å². The summed E-state index contributed by atoms with van der Waals surface area (Å²) < 4.78 is 11.7. The number of piperidine rings is 1. The molecule has 2 unspecified atom stereocenters. The summed E-state index contributed by atoms with van der Waals surface area (Å²) >= 11 is 0. The number of nitrogens with two attached hydrogens (primary N) is 1. The number of ether oxygens (including phenoxy) is 2. The first kappa shape index (κ1) is 16.7. The van der Waals surface area contributed by atoms with Gasteiger partial charge in [0, 0.05) is 12.1 Å². The van der Waals surface area contributed by atoms with Crippen molar-refractivity contribution in [3.05, 3.63) is 29.8 Å². The van der Waals surface area contributed by atoms with Crippen molar-refractivity contribution >= 4 is 0 Å². The van der Waals surface area contributed by atoms with Gasteiger partial charge in [0.1, 0.15) is 5.75 Å². The summed E-state index contributed by atoms with van der Waals surface area (Å²) in [4.78, 5) is 0. The van der Waals surface area contributed by atoms with E-state index in [1.807, 2.05) is 6.07 Å². The Hall–Kier alpha value is -1.10. The van der Waals surface area contributed by atoms with E-state index >= 15 is 0 Å². The molecule has 2 aliphatic rings. The summed E-state index contributed by atoms with van der Waals surface area (Å²) in [6.07, 6.45) is 7.29. The van der Waals surface area contributed by atoms with E-state index in [0.717, 1.165) is 38.2 Å². The molecular formula is C19H30N2O2. The molecule has 1 aliphatic carbocycles. The number of para-hydroxylation sites is 1. The van der Waals surface area contributed by atoms with Gasteiger partial charge >= 0.3 is 0 Å². The lowest BCUT2D eigenvalue weighted by Crippen LogP contribution is -2.52. The van der Waals surface area contributed by atoms with E-state index in [4.69, 9.17) is 15.2 Å². The maximum Gasteiger partial charge on any atom is 0.122 e. The van der Waals surface area contributed by atoms with Gasteiger partial charge in [-0.15, -0.1) is 0 Å². The SMILES string of the molecule is COc1ccccc1C1CCC(OCC2NCCCC2N)CC1. The molecule has 0 radical (unpaired) electrons. The summed E-state index contributed by atoms with van der Waals surface area (Å²) in [5.74, 6) is 1.62. The van der Waals surface area contributed by atoms with Crippen LogP contribution in [0, 0.1) is 0 Å². The Morgan fingerprint density at radius 3 is 2.65 bits per heavy atom. The maximum absolute atomic E-state index is 6.17. The molecule has 0 aromatic heterocycles. The minimum atomic E-state index is 0.244. The summed E-state index contributed by atoms with van der Waals surface area (Å²) in [6.45, 7) is 1.83. The van der Waals surface area contributed by atoms with Crippen LogP contribution in [-0.4, -0.2) is 38.4 Å². The van der Waals surface area contributed by atoms with Gasteiger partial charge in [0.25, 0.3) is 0 Å². The lowest BCUT2D eigenvalue weighted by Gasteiger charge is -2.33. The van der Waals surface area contributed by atoms with Crippen LogP contribution >= 0.6 is 0 Å². The molecule has 1 aromatic rings. The Morgan fingerprint density at radius 1 is 1.13 bits per heavy atom. The molecule has 1 saturated carbocycles. The lowest BCUT2D eigenvalue weighted by atomic mass is 9.82. The zero-order valence-corrected chi connectivity index (χ0v) is 14.2. The monoisotopic (exact) mass is 318 g/mol. The molecule has 4 nitrogen and oxygen atoms in total. The first-order chi connectivity index (χ1) is 11.3. The number of hydrogen-bond acceptors (Lipinski definition) is 4. The Balaban J connectivity index is 1.47. The van der Waals surface area contributed by atoms with Crippen LogP contribution in [0.15, 0.2) is 24.3 Å². The summed E-state index contributed by atoms with van der Waals surface area (Å²) in [5.41, 5.74) is 7.52. The van der Waals surface area contributed by atoms with Crippen LogP contribution in [-0.2, 0) is 4.74 Å². The molecule has 0 spiro atoms. The van der Waals surface area contributed by atoms with Crippen molar-refractivity contribution in [2.75, 3.05) is 20.3 Å². The smallest absolute Gasteiger partial charge is 0.122 e. The van der Waals surface area contributed by atoms with Gasteiger partial charge in [-0.3, -0.25) is 0 Å². The minimum absolute atomic E-state index is 0.244. The van der Waals surface area contributed by atoms with E-state index in [9.17, 15) is 0 Å². The van der Waals surface area contributed by atoms with E-state index in [-0.39, 0.29) is 6.04 Å². The van der Waals surface area contributed by atoms with Gasteiger partial charge in [0.05, 0.1) is 19.8 Å². The highest BCUT2D eigenvalue weighted by atomic mass is 16.5. The second kappa shape index (κ2) is 8.13. The van der Waals surface area contributed by atoms with Crippen LogP contribution in [0.25, 0.3) is 0 Å². The second-order valence-corrected chi connectivity index (χ2v) is 6.92. The van der Waals surface area contributed by atoms with Gasteiger partial charge < -0.3 is 20.5 Å². The molecule has 2 atom stereocenters. The highest BCUT2D eigenvalue weighted by molar-refractivity contribution is 5.36. The van der Waals surface area contributed by atoms with Crippen LogP contribution in [0.5, 0.6) is 5.75 Å². The van der Waals surface area contributed by atoms with Crippen LogP contribution < -0.4 is 15.8 Å². The van der Waals surface area contributed by atoms with Crippen molar-refractivity contribution < 1.29 is 9.47 Å². The summed E-state index contributed by atoms with van der Waals surface area (Å²) in [7, 11) is 1.76. The Kier molecular flexibility index (Phi) is 5.92. The molecule has 1 aromatic carbocycles. The fourth-order valence-electron chi connectivity index (χ4n) is 3.94. The molecule has 23 heavy (non-hydrogen) atoms. The fourth-order valence-corrected chi connectivity index (χ4v) is 3.94. The molecule has 1 aliphatic heterocycles. The van der Waals surface area contributed by atoms with Gasteiger partial charge in [-0.25, -0.2) is 0 Å². The van der Waals surface area contributed by atoms with Crippen LogP contribution in [0.1, 0.15) is 50.0 Å². The van der Waals surface area contributed by atoms with Gasteiger partial charge in [0.15, 0.2) is 0 Å². The predicted octanol–water partition coefficient (Wildman–Crippen LogP) is 2.82. The summed E-state index contributed by atoms with van der Waals surface area (Å²) in [5, 5.41) is 3.49. The third-order valence-electron chi connectivity index (χ3n) is 5.40. The summed E-state index contributed by atoms with van der Waals surface area (Å²) in [6, 6.07) is 8.99. The molecule has 4 heteroatoms. The van der Waals surface area contributed by atoms with E-state index in [1.165, 1.54) is 24.8 Å². The molecule has 128 valence electrons. The third-order valence-corrected chi connectivity index (χ3v) is 5.40. The largest absolute Gasteiger partial charge is 0.496 e. The number of nitrogens with one attached hydrogen (secondary N) is 1. The molecular weight excluding hydrogens is 288 g/mol. The van der Waals surface area contributed by atoms with Crippen LogP contribution in [0.4, 0.5) is 0 Å². The number of benzene rings is 1. The van der Waals surface area contributed by atoms with E-state index in [1.54, 1.807) is 7.11 Å². The fraction of sp³-hybridized carbons (Fsp3) is 0.684. The molecule has 0 amide bonds. The average molecular weight is 318 g/mol. The number of hydrogen-bond donors (Lipinski definition) is 2. The van der Waals surface area contributed by atoms with E-state index < -0.39 is 0 Å². The Morgan fingerprint density at radius 2 is 1.91 bits per heavy atom. The third kappa shape index (κ3) is 4.25.